The Labute approximate surface area is 190 Å². The highest BCUT2D eigenvalue weighted by atomic mass is 35.5. The number of rotatable bonds is 8. The first-order valence-electron chi connectivity index (χ1n) is 9.00. The minimum absolute atomic E-state index is 0.353. The summed E-state index contributed by atoms with van der Waals surface area (Å²) in [4.78, 5) is 19.2. The molecule has 2 aromatic heterocycles. The number of hydrogen-bond acceptors (Lipinski definition) is 6. The first kappa shape index (κ1) is 21.3. The number of hydrogen-bond donors (Lipinski definition) is 0. The lowest BCUT2D eigenvalue weighted by Crippen LogP contribution is -2.21. The van der Waals surface area contributed by atoms with Crippen LogP contribution in [0.3, 0.4) is 0 Å². The predicted molar refractivity (Wildman–Crippen MR) is 115 cm³/mol. The topological polar surface area (TPSA) is 92.6 Å². The molecule has 0 N–H and O–H groups in total. The summed E-state index contributed by atoms with van der Waals surface area (Å²) < 4.78 is 10.7. The molecule has 0 unspecified atom stereocenters. The number of halogens is 3. The molecule has 0 amide bonds. The van der Waals surface area contributed by atoms with E-state index in [1.54, 1.807) is 30.3 Å². The summed E-state index contributed by atoms with van der Waals surface area (Å²) in [5, 5.41) is 10.9. The van der Waals surface area contributed by atoms with Crippen LogP contribution in [0.15, 0.2) is 65.5 Å². The minimum atomic E-state index is -1.73. The van der Waals surface area contributed by atoms with Gasteiger partial charge in [0.05, 0.1) is 11.8 Å². The average Bonchev–Trinajstić information content (AvgIpc) is 3.33. The number of para-hydroxylation sites is 1. The summed E-state index contributed by atoms with van der Waals surface area (Å²) in [6, 6.07) is 12.3. The molecular weight excluding hydrogens is 469 g/mol. The van der Waals surface area contributed by atoms with Crippen LogP contribution in [0.4, 0.5) is 0 Å². The second-order valence-corrected chi connectivity index (χ2v) is 8.19. The van der Waals surface area contributed by atoms with Crippen LogP contribution in [0.1, 0.15) is 17.0 Å². The van der Waals surface area contributed by atoms with E-state index in [-0.39, 0.29) is 0 Å². The monoisotopic (exact) mass is 481 g/mol. The molecule has 160 valence electrons. The fourth-order valence-electron chi connectivity index (χ4n) is 3.12. The quantitative estimate of drug-likeness (QED) is 0.191. The average molecular weight is 483 g/mol. The van der Waals surface area contributed by atoms with Crippen molar-refractivity contribution in [3.63, 3.8) is 0 Å². The lowest BCUT2D eigenvalue weighted by Gasteiger charge is -2.22. The molecule has 4 aromatic rings. The summed E-state index contributed by atoms with van der Waals surface area (Å²) in [5.41, 5.74) is 1.74. The zero-order chi connectivity index (χ0) is 22.0. The zero-order valence-electron chi connectivity index (χ0n) is 15.7. The Morgan fingerprint density at radius 1 is 1.19 bits per heavy atom. The normalized spacial score (nSPS) is 11.6. The Morgan fingerprint density at radius 3 is 2.81 bits per heavy atom. The molecule has 0 aliphatic heterocycles. The van der Waals surface area contributed by atoms with E-state index in [2.05, 4.69) is 9.92 Å². The van der Waals surface area contributed by atoms with Crippen LogP contribution < -0.4 is 9.68 Å². The van der Waals surface area contributed by atoms with Crippen molar-refractivity contribution in [3.8, 4) is 5.75 Å². The van der Waals surface area contributed by atoms with E-state index in [4.69, 9.17) is 44.0 Å². The molecule has 2 aromatic carbocycles. The largest absolute Gasteiger partial charge is 0.464 e. The Kier molecular flexibility index (Phi) is 5.95. The molecule has 0 saturated heterocycles. The van der Waals surface area contributed by atoms with Crippen LogP contribution >= 0.6 is 34.8 Å². The highest BCUT2D eigenvalue weighted by Gasteiger charge is 2.34. The third kappa shape index (κ3) is 4.71. The molecule has 0 spiro atoms. The van der Waals surface area contributed by atoms with E-state index < -0.39 is 9.61 Å². The molecular formula is C20H14Cl3N3O5. The van der Waals surface area contributed by atoms with Gasteiger partial charge in [0.25, 0.3) is 4.52 Å². The van der Waals surface area contributed by atoms with Gasteiger partial charge in [-0.05, 0) is 36.2 Å². The number of imidazole rings is 1. The number of furan rings is 1. The van der Waals surface area contributed by atoms with Crippen molar-refractivity contribution in [2.24, 2.45) is 0 Å². The van der Waals surface area contributed by atoms with E-state index in [0.29, 0.717) is 46.0 Å². The molecule has 0 aliphatic rings. The van der Waals surface area contributed by atoms with Gasteiger partial charge in [0.1, 0.15) is 23.8 Å². The van der Waals surface area contributed by atoms with Crippen molar-refractivity contribution >= 4 is 45.8 Å². The molecule has 2 heterocycles. The van der Waals surface area contributed by atoms with Crippen molar-refractivity contribution in [1.82, 2.24) is 9.71 Å². The maximum absolute atomic E-state index is 10.6. The third-order valence-corrected chi connectivity index (χ3v) is 5.31. The van der Waals surface area contributed by atoms with Crippen LogP contribution in [0.2, 0.25) is 5.02 Å². The fraction of sp³-hybridized carbons (Fsp3) is 0.150. The highest BCUT2D eigenvalue weighted by molar-refractivity contribution is 6.47. The van der Waals surface area contributed by atoms with E-state index in [0.717, 1.165) is 10.3 Å². The number of nitrogens with zero attached hydrogens (tertiary/aromatic N) is 3. The Morgan fingerprint density at radius 2 is 2.00 bits per heavy atom. The lowest BCUT2D eigenvalue weighted by molar-refractivity contribution is -0.749. The molecule has 8 nitrogen and oxygen atoms in total. The summed E-state index contributed by atoms with van der Waals surface area (Å²) in [7, 11) is 0. The van der Waals surface area contributed by atoms with Crippen LogP contribution in [-0.2, 0) is 17.4 Å². The van der Waals surface area contributed by atoms with E-state index in [1.807, 2.05) is 12.1 Å². The van der Waals surface area contributed by atoms with Gasteiger partial charge in [-0.3, -0.25) is 0 Å². The van der Waals surface area contributed by atoms with Crippen molar-refractivity contribution in [3.05, 3.63) is 93.2 Å². The van der Waals surface area contributed by atoms with Crippen LogP contribution in [0.25, 0.3) is 11.0 Å². The number of fused-ring (bicyclic) bond motifs is 1. The van der Waals surface area contributed by atoms with E-state index in [9.17, 15) is 10.1 Å². The SMILES string of the molecule is O=[N+]([O-])On1ccnc1CCc1ccccc1OC(Cl)(Cl)c1coc2cc(Cl)ccc12. The van der Waals surface area contributed by atoms with Crippen molar-refractivity contribution < 1.29 is 19.2 Å². The van der Waals surface area contributed by atoms with E-state index in [1.165, 1.54) is 18.7 Å². The maximum Gasteiger partial charge on any atom is 0.288 e. The van der Waals surface area contributed by atoms with Gasteiger partial charge in [0, 0.05) is 16.8 Å². The highest BCUT2D eigenvalue weighted by Crippen LogP contribution is 2.42. The van der Waals surface area contributed by atoms with Crippen LogP contribution in [0.5, 0.6) is 5.75 Å². The number of alkyl halides is 2. The standard InChI is InChI=1S/C20H14Cl3N3O5/c21-14-6-7-15-16(12-29-18(15)11-14)20(22,23)30-17-4-2-1-3-13(17)5-8-19-24-9-10-25(19)31-26(27)28/h1-4,6-7,9-12H,5,8H2. The third-order valence-electron chi connectivity index (χ3n) is 4.51. The van der Waals surface area contributed by atoms with Gasteiger partial charge in [0.15, 0.2) is 5.09 Å². The summed E-state index contributed by atoms with van der Waals surface area (Å²) >= 11 is 19.1. The predicted octanol–water partition coefficient (Wildman–Crippen LogP) is 5.36. The van der Waals surface area contributed by atoms with Crippen LogP contribution in [-0.4, -0.2) is 14.8 Å². The molecule has 0 radical (unpaired) electrons. The summed E-state index contributed by atoms with van der Waals surface area (Å²) in [6.07, 6.45) is 5.00. The van der Waals surface area contributed by atoms with Crippen LogP contribution in [0, 0.1) is 10.1 Å². The molecule has 0 aliphatic carbocycles. The summed E-state index contributed by atoms with van der Waals surface area (Å²) in [6.45, 7) is 0. The lowest BCUT2D eigenvalue weighted by atomic mass is 10.1. The molecule has 0 fully saturated rings. The van der Waals surface area contributed by atoms with Crippen molar-refractivity contribution in [1.29, 1.82) is 0 Å². The van der Waals surface area contributed by atoms with Crippen molar-refractivity contribution in [2.45, 2.75) is 17.4 Å². The Bertz CT molecular complexity index is 1240. The van der Waals surface area contributed by atoms with Gasteiger partial charge in [-0.15, -0.1) is 0 Å². The first-order valence-corrected chi connectivity index (χ1v) is 10.1. The first-order chi connectivity index (χ1) is 14.8. The van der Waals surface area contributed by atoms with Gasteiger partial charge < -0.3 is 9.15 Å². The Hall–Kier alpha value is -2.94. The van der Waals surface area contributed by atoms with Gasteiger partial charge in [-0.2, -0.15) is 4.94 Å². The molecule has 0 bridgehead atoms. The molecule has 31 heavy (non-hydrogen) atoms. The maximum atomic E-state index is 10.6. The summed E-state index contributed by atoms with van der Waals surface area (Å²) in [5.74, 6) is 0.830. The minimum Gasteiger partial charge on any atom is -0.464 e. The molecule has 11 heteroatoms. The van der Waals surface area contributed by atoms with Gasteiger partial charge in [-0.1, -0.05) is 57.7 Å². The number of benzene rings is 2. The van der Waals surface area contributed by atoms with Crippen molar-refractivity contribution in [2.75, 3.05) is 0 Å². The number of aryl methyl sites for hydroxylation is 2. The Balaban J connectivity index is 1.55. The number of ether oxygens (including phenoxy) is 1. The van der Waals surface area contributed by atoms with Gasteiger partial charge in [-0.25, -0.2) is 15.1 Å². The smallest absolute Gasteiger partial charge is 0.288 e. The zero-order valence-corrected chi connectivity index (χ0v) is 18.0. The number of aromatic nitrogens is 2. The molecule has 4 rings (SSSR count). The second-order valence-electron chi connectivity index (χ2n) is 6.49. The van der Waals surface area contributed by atoms with E-state index >= 15 is 0 Å². The molecule has 0 saturated carbocycles. The fourth-order valence-corrected chi connectivity index (χ4v) is 3.74. The molecule has 0 atom stereocenters. The second kappa shape index (κ2) is 8.66. The van der Waals surface area contributed by atoms with Gasteiger partial charge >= 0.3 is 0 Å². The van der Waals surface area contributed by atoms with Gasteiger partial charge in [0.2, 0.25) is 5.82 Å².